The quantitative estimate of drug-likeness (QED) is 0.942. The summed E-state index contributed by atoms with van der Waals surface area (Å²) in [6.45, 7) is 4.26. The van der Waals surface area contributed by atoms with Crippen LogP contribution in [-0.4, -0.2) is 44.0 Å². The van der Waals surface area contributed by atoms with E-state index in [1.54, 1.807) is 6.20 Å². The average Bonchev–Trinajstić information content (AvgIpc) is 3.12. The molecule has 1 aliphatic rings. The molecule has 1 saturated heterocycles. The fourth-order valence-electron chi connectivity index (χ4n) is 3.24. The van der Waals surface area contributed by atoms with Gasteiger partial charge in [-0.2, -0.15) is 0 Å². The molecule has 1 atom stereocenters. The summed E-state index contributed by atoms with van der Waals surface area (Å²) >= 11 is 0. The van der Waals surface area contributed by atoms with Gasteiger partial charge < -0.3 is 14.6 Å². The van der Waals surface area contributed by atoms with Crippen molar-refractivity contribution in [3.63, 3.8) is 0 Å². The molecule has 2 aromatic rings. The van der Waals surface area contributed by atoms with E-state index in [1.165, 1.54) is 4.90 Å². The van der Waals surface area contributed by atoms with Crippen LogP contribution in [0.1, 0.15) is 34.6 Å². The smallest absolute Gasteiger partial charge is 0.326 e. The minimum Gasteiger partial charge on any atom is -0.480 e. The molecule has 6 nitrogen and oxygen atoms in total. The highest BCUT2D eigenvalue weighted by atomic mass is 16.4. The Hall–Kier alpha value is -2.63. The van der Waals surface area contributed by atoms with Crippen molar-refractivity contribution in [2.24, 2.45) is 0 Å². The Morgan fingerprint density at radius 2 is 2.09 bits per heavy atom. The largest absolute Gasteiger partial charge is 0.480 e. The molecule has 2 aromatic heterocycles. The van der Waals surface area contributed by atoms with Gasteiger partial charge in [-0.15, -0.1) is 0 Å². The predicted molar refractivity (Wildman–Crippen MR) is 84.7 cm³/mol. The van der Waals surface area contributed by atoms with Crippen molar-refractivity contribution < 1.29 is 14.7 Å². The average molecular weight is 313 g/mol. The predicted octanol–water partition coefficient (Wildman–Crippen LogP) is 2.18. The van der Waals surface area contributed by atoms with E-state index in [1.807, 2.05) is 42.7 Å². The number of aliphatic carboxylic acids is 1. The number of aromatic nitrogens is 2. The van der Waals surface area contributed by atoms with E-state index in [0.717, 1.165) is 23.6 Å². The van der Waals surface area contributed by atoms with Gasteiger partial charge >= 0.3 is 5.97 Å². The van der Waals surface area contributed by atoms with Gasteiger partial charge in [-0.3, -0.25) is 4.79 Å². The first-order valence-electron chi connectivity index (χ1n) is 7.65. The summed E-state index contributed by atoms with van der Waals surface area (Å²) in [6, 6.07) is 6.70. The summed E-state index contributed by atoms with van der Waals surface area (Å²) in [5.41, 5.74) is 2.22. The zero-order chi connectivity index (χ0) is 16.6. The van der Waals surface area contributed by atoms with Crippen LogP contribution in [0.25, 0.3) is 5.82 Å². The van der Waals surface area contributed by atoms with Gasteiger partial charge in [0.25, 0.3) is 5.91 Å². The maximum absolute atomic E-state index is 12.8. The van der Waals surface area contributed by atoms with Crippen LogP contribution in [0, 0.1) is 13.8 Å². The number of aryl methyl sites for hydroxylation is 1. The number of carbonyl (C=O) groups is 2. The van der Waals surface area contributed by atoms with Crippen LogP contribution in [-0.2, 0) is 4.79 Å². The van der Waals surface area contributed by atoms with Gasteiger partial charge in [0.05, 0.1) is 5.56 Å². The lowest BCUT2D eigenvalue weighted by Gasteiger charge is -2.21. The molecule has 0 aromatic carbocycles. The fourth-order valence-corrected chi connectivity index (χ4v) is 3.24. The highest BCUT2D eigenvalue weighted by molar-refractivity contribution is 5.98. The number of likely N-dealkylation sites (tertiary alicyclic amines) is 1. The van der Waals surface area contributed by atoms with Gasteiger partial charge in [-0.1, -0.05) is 6.07 Å². The van der Waals surface area contributed by atoms with Crippen LogP contribution >= 0.6 is 0 Å². The van der Waals surface area contributed by atoms with Crippen molar-refractivity contribution in [3.8, 4) is 5.82 Å². The minimum atomic E-state index is -0.936. The van der Waals surface area contributed by atoms with Gasteiger partial charge in [0.2, 0.25) is 0 Å². The molecule has 0 radical (unpaired) electrons. The molecule has 1 unspecified atom stereocenters. The molecule has 23 heavy (non-hydrogen) atoms. The highest BCUT2D eigenvalue weighted by Gasteiger charge is 2.35. The molecule has 1 N–H and O–H groups in total. The lowest BCUT2D eigenvalue weighted by atomic mass is 10.2. The lowest BCUT2D eigenvalue weighted by Crippen LogP contribution is -2.40. The number of carboxylic acids is 1. The molecule has 1 amide bonds. The van der Waals surface area contributed by atoms with E-state index >= 15 is 0 Å². The molecule has 0 bridgehead atoms. The van der Waals surface area contributed by atoms with Crippen LogP contribution < -0.4 is 0 Å². The molecule has 0 aliphatic carbocycles. The summed E-state index contributed by atoms with van der Waals surface area (Å²) in [4.78, 5) is 29.9. The van der Waals surface area contributed by atoms with Crippen LogP contribution in [0.4, 0.5) is 0 Å². The third kappa shape index (κ3) is 2.60. The van der Waals surface area contributed by atoms with E-state index in [2.05, 4.69) is 4.98 Å². The molecule has 3 heterocycles. The summed E-state index contributed by atoms with van der Waals surface area (Å²) in [7, 11) is 0. The fraction of sp³-hybridized carbons (Fsp3) is 0.353. The van der Waals surface area contributed by atoms with E-state index in [0.29, 0.717) is 18.5 Å². The first-order valence-corrected chi connectivity index (χ1v) is 7.65. The molecule has 6 heteroatoms. The van der Waals surface area contributed by atoms with Gasteiger partial charge in [-0.05, 0) is 44.9 Å². The lowest BCUT2D eigenvalue weighted by molar-refractivity contribution is -0.141. The molecule has 0 spiro atoms. The highest BCUT2D eigenvalue weighted by Crippen LogP contribution is 2.25. The maximum atomic E-state index is 12.8. The maximum Gasteiger partial charge on any atom is 0.326 e. The number of hydrogen-bond donors (Lipinski definition) is 1. The summed E-state index contributed by atoms with van der Waals surface area (Å²) < 4.78 is 1.92. The van der Waals surface area contributed by atoms with Crippen LogP contribution in [0.15, 0.2) is 30.5 Å². The molecule has 1 fully saturated rings. The number of nitrogens with zero attached hydrogens (tertiary/aromatic N) is 3. The number of amides is 1. The number of carbonyl (C=O) groups excluding carboxylic acids is 1. The normalized spacial score (nSPS) is 17.5. The number of carboxylic acid groups (broad SMARTS) is 1. The Kier molecular flexibility index (Phi) is 3.90. The van der Waals surface area contributed by atoms with E-state index < -0.39 is 12.0 Å². The van der Waals surface area contributed by atoms with E-state index in [-0.39, 0.29) is 5.91 Å². The van der Waals surface area contributed by atoms with Gasteiger partial charge in [0.15, 0.2) is 0 Å². The first kappa shape index (κ1) is 15.3. The van der Waals surface area contributed by atoms with Crippen LogP contribution in [0.3, 0.4) is 0 Å². The van der Waals surface area contributed by atoms with Crippen LogP contribution in [0.2, 0.25) is 0 Å². The molecular weight excluding hydrogens is 294 g/mol. The Morgan fingerprint density at radius 3 is 2.74 bits per heavy atom. The van der Waals surface area contributed by atoms with Crippen molar-refractivity contribution in [2.75, 3.05) is 6.54 Å². The topological polar surface area (TPSA) is 75.4 Å². The SMILES string of the molecule is Cc1cc(C(=O)N2CCCC2C(=O)O)c(C)n1-c1ccccn1. The standard InChI is InChI=1S/C17H19N3O3/c1-11-10-13(12(2)20(11)15-7-3-4-8-18-15)16(21)19-9-5-6-14(19)17(22)23/h3-4,7-8,10,14H,5-6,9H2,1-2H3,(H,22,23). The summed E-state index contributed by atoms with van der Waals surface area (Å²) in [5.74, 6) is -0.405. The van der Waals surface area contributed by atoms with Crippen molar-refractivity contribution in [1.82, 2.24) is 14.5 Å². The monoisotopic (exact) mass is 313 g/mol. The van der Waals surface area contributed by atoms with Gasteiger partial charge in [0, 0.05) is 24.1 Å². The molecular formula is C17H19N3O3. The zero-order valence-corrected chi connectivity index (χ0v) is 13.2. The Balaban J connectivity index is 1.98. The summed E-state index contributed by atoms with van der Waals surface area (Å²) in [5, 5.41) is 9.28. The van der Waals surface area contributed by atoms with Crippen LogP contribution in [0.5, 0.6) is 0 Å². The van der Waals surface area contributed by atoms with Crippen molar-refractivity contribution in [2.45, 2.75) is 32.7 Å². The Bertz CT molecular complexity index is 752. The third-order valence-electron chi connectivity index (χ3n) is 4.34. The molecule has 3 rings (SSSR count). The summed E-state index contributed by atoms with van der Waals surface area (Å²) in [6.07, 6.45) is 2.94. The third-order valence-corrected chi connectivity index (χ3v) is 4.34. The Morgan fingerprint density at radius 1 is 1.30 bits per heavy atom. The van der Waals surface area contributed by atoms with E-state index in [9.17, 15) is 14.7 Å². The van der Waals surface area contributed by atoms with Crippen molar-refractivity contribution >= 4 is 11.9 Å². The Labute approximate surface area is 134 Å². The first-order chi connectivity index (χ1) is 11.0. The number of hydrogen-bond acceptors (Lipinski definition) is 3. The second-order valence-electron chi connectivity index (χ2n) is 5.80. The van der Waals surface area contributed by atoms with E-state index in [4.69, 9.17) is 0 Å². The van der Waals surface area contributed by atoms with Gasteiger partial charge in [-0.25, -0.2) is 9.78 Å². The second kappa shape index (κ2) is 5.87. The number of rotatable bonds is 3. The number of pyridine rings is 1. The molecule has 0 saturated carbocycles. The second-order valence-corrected chi connectivity index (χ2v) is 5.80. The minimum absolute atomic E-state index is 0.217. The van der Waals surface area contributed by atoms with Crippen molar-refractivity contribution in [3.05, 3.63) is 47.4 Å². The van der Waals surface area contributed by atoms with Crippen molar-refractivity contribution in [1.29, 1.82) is 0 Å². The molecule has 1 aliphatic heterocycles. The van der Waals surface area contributed by atoms with Gasteiger partial charge in [0.1, 0.15) is 11.9 Å². The zero-order valence-electron chi connectivity index (χ0n) is 13.2. The molecule has 120 valence electrons.